The van der Waals surface area contributed by atoms with E-state index >= 15 is 0 Å². The standard InChI is InChI=1S/C19H22Cl2N2O/c1-23(13-16-10-5-11-17(20)19(16)21)14-18(24)22-12-6-9-15-7-3-2-4-8-15/h2-5,7-8,10-11H,6,9,12-14H2,1H3,(H,22,24). The molecule has 0 fully saturated rings. The monoisotopic (exact) mass is 364 g/mol. The van der Waals surface area contributed by atoms with Gasteiger partial charge in [-0.2, -0.15) is 0 Å². The largest absolute Gasteiger partial charge is 0.355 e. The first kappa shape index (κ1) is 18.8. The Kier molecular flexibility index (Phi) is 7.57. The number of halogens is 2. The summed E-state index contributed by atoms with van der Waals surface area (Å²) in [6, 6.07) is 15.8. The van der Waals surface area contributed by atoms with Crippen molar-refractivity contribution in [1.29, 1.82) is 0 Å². The lowest BCUT2D eigenvalue weighted by molar-refractivity contribution is -0.122. The van der Waals surface area contributed by atoms with Crippen LogP contribution in [0.15, 0.2) is 48.5 Å². The predicted molar refractivity (Wildman–Crippen MR) is 101 cm³/mol. The average molecular weight is 365 g/mol. The quantitative estimate of drug-likeness (QED) is 0.712. The van der Waals surface area contributed by atoms with Gasteiger partial charge in [0.25, 0.3) is 0 Å². The van der Waals surface area contributed by atoms with Gasteiger partial charge in [-0.25, -0.2) is 0 Å². The summed E-state index contributed by atoms with van der Waals surface area (Å²) < 4.78 is 0. The van der Waals surface area contributed by atoms with Gasteiger partial charge >= 0.3 is 0 Å². The van der Waals surface area contributed by atoms with E-state index in [1.165, 1.54) is 5.56 Å². The first-order valence-electron chi connectivity index (χ1n) is 7.98. The average Bonchev–Trinajstić information content (AvgIpc) is 2.57. The van der Waals surface area contributed by atoms with E-state index in [4.69, 9.17) is 23.2 Å². The Morgan fingerprint density at radius 2 is 1.83 bits per heavy atom. The molecule has 0 aliphatic heterocycles. The van der Waals surface area contributed by atoms with E-state index in [1.807, 2.05) is 42.3 Å². The molecule has 2 aromatic rings. The van der Waals surface area contributed by atoms with Crippen LogP contribution in [-0.2, 0) is 17.8 Å². The van der Waals surface area contributed by atoms with Gasteiger partial charge in [-0.3, -0.25) is 9.69 Å². The van der Waals surface area contributed by atoms with Gasteiger partial charge in [0, 0.05) is 13.1 Å². The number of benzene rings is 2. The van der Waals surface area contributed by atoms with Gasteiger partial charge in [-0.05, 0) is 37.1 Å². The van der Waals surface area contributed by atoms with Crippen LogP contribution in [0.4, 0.5) is 0 Å². The third kappa shape index (κ3) is 6.16. The smallest absolute Gasteiger partial charge is 0.234 e. The Hall–Kier alpha value is -1.55. The Labute approximate surface area is 153 Å². The Morgan fingerprint density at radius 3 is 2.58 bits per heavy atom. The summed E-state index contributed by atoms with van der Waals surface area (Å²) in [5.41, 5.74) is 2.21. The fourth-order valence-corrected chi connectivity index (χ4v) is 2.86. The van der Waals surface area contributed by atoms with Crippen molar-refractivity contribution in [1.82, 2.24) is 10.2 Å². The number of likely N-dealkylation sites (N-methyl/N-ethyl adjacent to an activating group) is 1. The van der Waals surface area contributed by atoms with Crippen molar-refractivity contribution in [3.63, 3.8) is 0 Å². The normalized spacial score (nSPS) is 10.8. The number of rotatable bonds is 8. The van der Waals surface area contributed by atoms with Crippen molar-refractivity contribution in [2.45, 2.75) is 19.4 Å². The minimum Gasteiger partial charge on any atom is -0.355 e. The van der Waals surface area contributed by atoms with E-state index in [-0.39, 0.29) is 5.91 Å². The summed E-state index contributed by atoms with van der Waals surface area (Å²) in [5.74, 6) is 0.0173. The van der Waals surface area contributed by atoms with E-state index in [0.717, 1.165) is 18.4 Å². The van der Waals surface area contributed by atoms with E-state index in [1.54, 1.807) is 6.07 Å². The summed E-state index contributed by atoms with van der Waals surface area (Å²) in [7, 11) is 1.89. The second kappa shape index (κ2) is 9.67. The molecule has 2 rings (SSSR count). The van der Waals surface area contributed by atoms with Crippen LogP contribution in [0.3, 0.4) is 0 Å². The number of aryl methyl sites for hydroxylation is 1. The number of hydrogen-bond acceptors (Lipinski definition) is 2. The Morgan fingerprint density at radius 1 is 1.08 bits per heavy atom. The zero-order valence-electron chi connectivity index (χ0n) is 13.8. The third-order valence-corrected chi connectivity index (χ3v) is 4.55. The topological polar surface area (TPSA) is 32.3 Å². The minimum atomic E-state index is 0.0173. The van der Waals surface area contributed by atoms with Gasteiger partial charge in [0.2, 0.25) is 5.91 Å². The molecular formula is C19H22Cl2N2O. The van der Waals surface area contributed by atoms with Crippen LogP contribution in [0, 0.1) is 0 Å². The predicted octanol–water partition coefficient (Wildman–Crippen LogP) is 4.17. The molecule has 0 spiro atoms. The van der Waals surface area contributed by atoms with Gasteiger partial charge < -0.3 is 5.32 Å². The second-order valence-corrected chi connectivity index (χ2v) is 6.61. The van der Waals surface area contributed by atoms with E-state index < -0.39 is 0 Å². The first-order valence-corrected chi connectivity index (χ1v) is 8.74. The molecule has 0 radical (unpaired) electrons. The number of nitrogens with one attached hydrogen (secondary N) is 1. The molecule has 0 aromatic heterocycles. The first-order chi connectivity index (χ1) is 11.6. The van der Waals surface area contributed by atoms with Crippen LogP contribution in [0.2, 0.25) is 10.0 Å². The summed E-state index contributed by atoms with van der Waals surface area (Å²) in [6.07, 6.45) is 1.90. The number of nitrogens with zero attached hydrogens (tertiary/aromatic N) is 1. The Bertz CT molecular complexity index is 662. The van der Waals surface area contributed by atoms with Crippen molar-refractivity contribution in [3.8, 4) is 0 Å². The molecule has 1 amide bonds. The summed E-state index contributed by atoms with van der Waals surface area (Å²) in [5, 5.41) is 4.04. The van der Waals surface area contributed by atoms with Crippen molar-refractivity contribution in [3.05, 3.63) is 69.7 Å². The Balaban J connectivity index is 1.69. The molecule has 2 aromatic carbocycles. The second-order valence-electron chi connectivity index (χ2n) is 5.82. The van der Waals surface area contributed by atoms with Crippen molar-refractivity contribution < 1.29 is 4.79 Å². The molecule has 0 bridgehead atoms. The van der Waals surface area contributed by atoms with Crippen molar-refractivity contribution in [2.75, 3.05) is 20.1 Å². The lowest BCUT2D eigenvalue weighted by atomic mass is 10.1. The van der Waals surface area contributed by atoms with E-state index in [9.17, 15) is 4.79 Å². The van der Waals surface area contributed by atoms with Crippen molar-refractivity contribution >= 4 is 29.1 Å². The van der Waals surface area contributed by atoms with Crippen LogP contribution < -0.4 is 5.32 Å². The molecule has 1 N–H and O–H groups in total. The van der Waals surface area contributed by atoms with Crippen LogP contribution in [0.25, 0.3) is 0 Å². The zero-order chi connectivity index (χ0) is 17.4. The number of carbonyl (C=O) groups is 1. The third-order valence-electron chi connectivity index (χ3n) is 3.69. The highest BCUT2D eigenvalue weighted by atomic mass is 35.5. The molecule has 24 heavy (non-hydrogen) atoms. The molecular weight excluding hydrogens is 343 g/mol. The van der Waals surface area contributed by atoms with E-state index in [0.29, 0.717) is 29.7 Å². The summed E-state index contributed by atoms with van der Waals surface area (Å²) in [6.45, 7) is 1.59. The molecule has 0 aliphatic rings. The van der Waals surface area contributed by atoms with Gasteiger partial charge in [-0.15, -0.1) is 0 Å². The summed E-state index contributed by atoms with van der Waals surface area (Å²) >= 11 is 12.2. The summed E-state index contributed by atoms with van der Waals surface area (Å²) in [4.78, 5) is 13.9. The highest BCUT2D eigenvalue weighted by Crippen LogP contribution is 2.26. The van der Waals surface area contributed by atoms with Crippen LogP contribution >= 0.6 is 23.2 Å². The molecule has 0 saturated heterocycles. The molecule has 0 heterocycles. The zero-order valence-corrected chi connectivity index (χ0v) is 15.3. The molecule has 5 heteroatoms. The van der Waals surface area contributed by atoms with Crippen LogP contribution in [0.1, 0.15) is 17.5 Å². The van der Waals surface area contributed by atoms with Gasteiger partial charge in [0.15, 0.2) is 0 Å². The fraction of sp³-hybridized carbons (Fsp3) is 0.316. The maximum atomic E-state index is 12.0. The maximum absolute atomic E-state index is 12.0. The number of amides is 1. The molecule has 0 saturated carbocycles. The number of carbonyl (C=O) groups excluding carboxylic acids is 1. The number of hydrogen-bond donors (Lipinski definition) is 1. The van der Waals surface area contributed by atoms with Gasteiger partial charge in [0.05, 0.1) is 16.6 Å². The van der Waals surface area contributed by atoms with Crippen LogP contribution in [-0.4, -0.2) is 30.9 Å². The lowest BCUT2D eigenvalue weighted by Gasteiger charge is -2.17. The minimum absolute atomic E-state index is 0.0173. The molecule has 0 aliphatic carbocycles. The van der Waals surface area contributed by atoms with Crippen LogP contribution in [0.5, 0.6) is 0 Å². The van der Waals surface area contributed by atoms with Gasteiger partial charge in [0.1, 0.15) is 0 Å². The highest BCUT2D eigenvalue weighted by Gasteiger charge is 2.10. The van der Waals surface area contributed by atoms with E-state index in [2.05, 4.69) is 17.4 Å². The molecule has 128 valence electrons. The van der Waals surface area contributed by atoms with Crippen molar-refractivity contribution in [2.24, 2.45) is 0 Å². The lowest BCUT2D eigenvalue weighted by Crippen LogP contribution is -2.35. The van der Waals surface area contributed by atoms with Gasteiger partial charge in [-0.1, -0.05) is 65.7 Å². The SMILES string of the molecule is CN(CC(=O)NCCCc1ccccc1)Cc1cccc(Cl)c1Cl. The molecule has 0 atom stereocenters. The molecule has 0 unspecified atom stereocenters. The molecule has 3 nitrogen and oxygen atoms in total. The maximum Gasteiger partial charge on any atom is 0.234 e. The highest BCUT2D eigenvalue weighted by molar-refractivity contribution is 6.42. The fourth-order valence-electron chi connectivity index (χ4n) is 2.48.